The third-order valence-electron chi connectivity index (χ3n) is 3.79. The van der Waals surface area contributed by atoms with Crippen LogP contribution in [0, 0.1) is 10.1 Å². The van der Waals surface area contributed by atoms with Crippen LogP contribution in [0.5, 0.6) is 0 Å². The van der Waals surface area contributed by atoms with Crippen LogP contribution < -0.4 is 16.2 Å². The Morgan fingerprint density at radius 1 is 1.00 bits per heavy atom. The highest BCUT2D eigenvalue weighted by Gasteiger charge is 2.25. The Labute approximate surface area is 153 Å². The average Bonchev–Trinajstić information content (AvgIpc) is 3.44. The molecule has 1 aliphatic rings. The lowest BCUT2D eigenvalue weighted by atomic mass is 10.1. The van der Waals surface area contributed by atoms with Gasteiger partial charge in [0, 0.05) is 28.3 Å². The number of anilines is 1. The largest absolute Gasteiger partial charge is 0.377 e. The molecule has 1 saturated carbocycles. The molecule has 26 heavy (non-hydrogen) atoms. The van der Waals surface area contributed by atoms with Gasteiger partial charge < -0.3 is 5.32 Å². The molecule has 2 aromatic rings. The number of carbonyl (C=O) groups excluding carboxylic acids is 2. The van der Waals surface area contributed by atoms with E-state index in [9.17, 15) is 19.7 Å². The molecule has 0 atom stereocenters. The van der Waals surface area contributed by atoms with Crippen molar-refractivity contribution in [1.29, 1.82) is 0 Å². The Balaban J connectivity index is 1.67. The van der Waals surface area contributed by atoms with Crippen LogP contribution in [-0.2, 0) is 0 Å². The number of nitrogens with one attached hydrogen (secondary N) is 3. The third kappa shape index (κ3) is 4.28. The summed E-state index contributed by atoms with van der Waals surface area (Å²) in [7, 11) is 0. The van der Waals surface area contributed by atoms with Crippen molar-refractivity contribution in [3.05, 3.63) is 68.7 Å². The molecule has 134 valence electrons. The molecule has 0 unspecified atom stereocenters. The Morgan fingerprint density at radius 2 is 1.58 bits per heavy atom. The maximum Gasteiger partial charge on any atom is 0.293 e. The fraction of sp³-hybridized carbons (Fsp3) is 0.176. The molecular formula is C17H15ClN4O4. The summed E-state index contributed by atoms with van der Waals surface area (Å²) in [6.45, 7) is 0. The Kier molecular flexibility index (Phi) is 5.04. The van der Waals surface area contributed by atoms with Crippen molar-refractivity contribution in [2.24, 2.45) is 0 Å². The number of rotatable bonds is 5. The molecule has 3 rings (SSSR count). The lowest BCUT2D eigenvalue weighted by molar-refractivity contribution is -0.384. The first-order chi connectivity index (χ1) is 12.4. The van der Waals surface area contributed by atoms with Gasteiger partial charge in [0.25, 0.3) is 17.5 Å². The summed E-state index contributed by atoms with van der Waals surface area (Å²) in [4.78, 5) is 34.8. The van der Waals surface area contributed by atoms with Crippen LogP contribution in [0.2, 0.25) is 5.02 Å². The van der Waals surface area contributed by atoms with Gasteiger partial charge in [-0.2, -0.15) is 0 Å². The molecule has 0 saturated heterocycles. The van der Waals surface area contributed by atoms with Gasteiger partial charge in [0.1, 0.15) is 5.69 Å². The molecule has 0 bridgehead atoms. The molecule has 2 aromatic carbocycles. The molecule has 3 N–H and O–H groups in total. The van der Waals surface area contributed by atoms with E-state index in [-0.39, 0.29) is 17.3 Å². The SMILES string of the molecule is O=C(NNC(=O)c1ccc(NC2CC2)c([N+](=O)[O-])c1)c1ccc(Cl)cc1. The van der Waals surface area contributed by atoms with Crippen molar-refractivity contribution in [2.45, 2.75) is 18.9 Å². The summed E-state index contributed by atoms with van der Waals surface area (Å²) in [5.41, 5.74) is 5.05. The topological polar surface area (TPSA) is 113 Å². The van der Waals surface area contributed by atoms with Gasteiger partial charge in [0.05, 0.1) is 4.92 Å². The highest BCUT2D eigenvalue weighted by molar-refractivity contribution is 6.30. The van der Waals surface area contributed by atoms with Gasteiger partial charge in [0.2, 0.25) is 0 Å². The van der Waals surface area contributed by atoms with E-state index in [1.54, 1.807) is 12.1 Å². The van der Waals surface area contributed by atoms with Gasteiger partial charge in [0.15, 0.2) is 0 Å². The number of halogens is 1. The Morgan fingerprint density at radius 3 is 2.15 bits per heavy atom. The highest BCUT2D eigenvalue weighted by Crippen LogP contribution is 2.31. The second-order valence-electron chi connectivity index (χ2n) is 5.82. The van der Waals surface area contributed by atoms with Crippen molar-refractivity contribution >= 4 is 34.8 Å². The molecule has 1 aliphatic carbocycles. The van der Waals surface area contributed by atoms with Crippen molar-refractivity contribution in [3.63, 3.8) is 0 Å². The molecule has 2 amide bonds. The average molecular weight is 375 g/mol. The van der Waals surface area contributed by atoms with Crippen LogP contribution in [0.4, 0.5) is 11.4 Å². The smallest absolute Gasteiger partial charge is 0.293 e. The summed E-state index contributed by atoms with van der Waals surface area (Å²) in [6.07, 6.45) is 1.94. The minimum atomic E-state index is -0.659. The zero-order chi connectivity index (χ0) is 18.7. The van der Waals surface area contributed by atoms with E-state index in [0.717, 1.165) is 12.8 Å². The number of hydrazine groups is 1. The zero-order valence-electron chi connectivity index (χ0n) is 13.5. The maximum absolute atomic E-state index is 12.2. The molecule has 9 heteroatoms. The number of amides is 2. The van der Waals surface area contributed by atoms with Gasteiger partial charge in [-0.1, -0.05) is 11.6 Å². The first kappa shape index (κ1) is 17.7. The first-order valence-corrected chi connectivity index (χ1v) is 8.23. The first-order valence-electron chi connectivity index (χ1n) is 7.85. The van der Waals surface area contributed by atoms with Crippen LogP contribution in [0.15, 0.2) is 42.5 Å². The van der Waals surface area contributed by atoms with E-state index in [0.29, 0.717) is 16.3 Å². The van der Waals surface area contributed by atoms with Crippen LogP contribution in [0.1, 0.15) is 33.6 Å². The van der Waals surface area contributed by atoms with Crippen molar-refractivity contribution in [2.75, 3.05) is 5.32 Å². The number of nitrogens with zero attached hydrogens (tertiary/aromatic N) is 1. The monoisotopic (exact) mass is 374 g/mol. The highest BCUT2D eigenvalue weighted by atomic mass is 35.5. The second-order valence-corrected chi connectivity index (χ2v) is 6.26. The summed E-state index contributed by atoms with van der Waals surface area (Å²) in [6, 6.07) is 10.5. The normalized spacial score (nSPS) is 13.0. The quantitative estimate of drug-likeness (QED) is 0.550. The van der Waals surface area contributed by atoms with Gasteiger partial charge in [-0.05, 0) is 49.2 Å². The zero-order valence-corrected chi connectivity index (χ0v) is 14.2. The molecule has 0 heterocycles. The minimum Gasteiger partial charge on any atom is -0.377 e. The number of benzene rings is 2. The lowest BCUT2D eigenvalue weighted by Gasteiger charge is -2.09. The van der Waals surface area contributed by atoms with Crippen molar-refractivity contribution in [1.82, 2.24) is 10.9 Å². The number of hydrogen-bond donors (Lipinski definition) is 3. The molecule has 0 aromatic heterocycles. The molecule has 8 nitrogen and oxygen atoms in total. The van der Waals surface area contributed by atoms with Crippen LogP contribution >= 0.6 is 11.6 Å². The minimum absolute atomic E-state index is 0.0643. The summed E-state index contributed by atoms with van der Waals surface area (Å²) in [5, 5.41) is 14.8. The predicted molar refractivity (Wildman–Crippen MR) is 96.1 cm³/mol. The predicted octanol–water partition coefficient (Wildman–Crippen LogP) is 2.90. The third-order valence-corrected chi connectivity index (χ3v) is 4.04. The summed E-state index contributed by atoms with van der Waals surface area (Å²) in [5.74, 6) is -1.19. The van der Waals surface area contributed by atoms with Gasteiger partial charge in [-0.25, -0.2) is 0 Å². The van der Waals surface area contributed by atoms with Crippen LogP contribution in [0.3, 0.4) is 0 Å². The van der Waals surface area contributed by atoms with E-state index in [4.69, 9.17) is 11.6 Å². The number of nitro benzene ring substituents is 1. The second kappa shape index (κ2) is 7.40. The lowest BCUT2D eigenvalue weighted by Crippen LogP contribution is -2.41. The van der Waals surface area contributed by atoms with E-state index in [1.807, 2.05) is 0 Å². The Bertz CT molecular complexity index is 866. The number of hydrogen-bond acceptors (Lipinski definition) is 5. The fourth-order valence-corrected chi connectivity index (χ4v) is 2.38. The fourth-order valence-electron chi connectivity index (χ4n) is 2.25. The summed E-state index contributed by atoms with van der Waals surface area (Å²) >= 11 is 5.75. The standard InChI is InChI=1S/C17H15ClN4O4/c18-12-4-1-10(2-5-12)16(23)20-21-17(24)11-3-8-14(19-13-6-7-13)15(9-11)22(25)26/h1-5,8-9,13,19H,6-7H2,(H,20,23)(H,21,24). The Hall–Kier alpha value is -3.13. The molecule has 1 fully saturated rings. The molecule has 0 radical (unpaired) electrons. The van der Waals surface area contributed by atoms with Gasteiger partial charge in [-0.15, -0.1) is 0 Å². The summed E-state index contributed by atoms with van der Waals surface area (Å²) < 4.78 is 0. The maximum atomic E-state index is 12.2. The van der Waals surface area contributed by atoms with E-state index in [1.165, 1.54) is 30.3 Å². The van der Waals surface area contributed by atoms with Gasteiger partial charge >= 0.3 is 0 Å². The number of nitro groups is 1. The van der Waals surface area contributed by atoms with Crippen LogP contribution in [-0.4, -0.2) is 22.8 Å². The van der Waals surface area contributed by atoms with E-state index in [2.05, 4.69) is 16.2 Å². The molecular weight excluding hydrogens is 360 g/mol. The van der Waals surface area contributed by atoms with Crippen LogP contribution in [0.25, 0.3) is 0 Å². The molecule has 0 spiro atoms. The van der Waals surface area contributed by atoms with Crippen molar-refractivity contribution in [3.8, 4) is 0 Å². The number of carbonyl (C=O) groups is 2. The van der Waals surface area contributed by atoms with Crippen molar-refractivity contribution < 1.29 is 14.5 Å². The molecule has 0 aliphatic heterocycles. The van der Waals surface area contributed by atoms with E-state index < -0.39 is 16.7 Å². The van der Waals surface area contributed by atoms with Gasteiger partial charge in [-0.3, -0.25) is 30.6 Å². The van der Waals surface area contributed by atoms with E-state index >= 15 is 0 Å².